The highest BCUT2D eigenvalue weighted by Crippen LogP contribution is 2.22. The van der Waals surface area contributed by atoms with Crippen LogP contribution in [0.2, 0.25) is 0 Å². The number of hydrogen-bond acceptors (Lipinski definition) is 7. The molecule has 3 rings (SSSR count). The smallest absolute Gasteiger partial charge is 0.256 e. The highest BCUT2D eigenvalue weighted by molar-refractivity contribution is 7.89. The number of furan rings is 1. The molecule has 132 valence electrons. The second-order valence-corrected chi connectivity index (χ2v) is 7.25. The number of anilines is 1. The van der Waals surface area contributed by atoms with E-state index < -0.39 is 10.0 Å². The second-order valence-electron chi connectivity index (χ2n) is 5.16. The first kappa shape index (κ1) is 17.0. The molecular weight excluding hydrogens is 344 g/mol. The van der Waals surface area contributed by atoms with Gasteiger partial charge in [0.1, 0.15) is 11.5 Å². The maximum atomic E-state index is 12.3. The Morgan fingerprint density at radius 1 is 1.24 bits per heavy atom. The maximum Gasteiger partial charge on any atom is 0.256 e. The van der Waals surface area contributed by atoms with Crippen LogP contribution in [0.5, 0.6) is 5.75 Å². The average molecular weight is 362 g/mol. The first-order valence-electron chi connectivity index (χ1n) is 7.64. The molecule has 0 saturated heterocycles. The van der Waals surface area contributed by atoms with Crippen molar-refractivity contribution in [3.05, 3.63) is 48.4 Å². The fourth-order valence-electron chi connectivity index (χ4n) is 2.16. The number of benzene rings is 1. The van der Waals surface area contributed by atoms with Gasteiger partial charge in [-0.05, 0) is 43.3 Å². The molecule has 0 atom stereocenters. The van der Waals surface area contributed by atoms with Crippen molar-refractivity contribution in [3.8, 4) is 17.1 Å². The van der Waals surface area contributed by atoms with E-state index >= 15 is 0 Å². The topological polar surface area (TPSA) is 99.2 Å². The summed E-state index contributed by atoms with van der Waals surface area (Å²) in [5.41, 5.74) is 0.687. The van der Waals surface area contributed by atoms with Gasteiger partial charge in [0.25, 0.3) is 10.0 Å². The zero-order valence-corrected chi connectivity index (χ0v) is 14.7. The van der Waals surface area contributed by atoms with Crippen LogP contribution in [-0.4, -0.2) is 35.5 Å². The lowest BCUT2D eigenvalue weighted by Crippen LogP contribution is -2.19. The van der Waals surface area contributed by atoms with Crippen molar-refractivity contribution in [2.45, 2.75) is 13.5 Å². The summed E-state index contributed by atoms with van der Waals surface area (Å²) in [5.74, 6) is 1.72. The normalized spacial score (nSPS) is 11.4. The number of rotatable bonds is 7. The molecule has 3 aromatic rings. The summed E-state index contributed by atoms with van der Waals surface area (Å²) in [7, 11) is -2.02. The van der Waals surface area contributed by atoms with Crippen molar-refractivity contribution in [2.24, 2.45) is 0 Å². The lowest BCUT2D eigenvalue weighted by Gasteiger charge is -2.06. The Kier molecular flexibility index (Phi) is 4.75. The SMILES string of the molecule is CCS(=O)(=O)n1nc(-c2ccc(OC)cc2)nc1NCc1ccco1. The van der Waals surface area contributed by atoms with Crippen LogP contribution in [0.25, 0.3) is 11.4 Å². The Bertz CT molecular complexity index is 931. The van der Waals surface area contributed by atoms with Crippen molar-refractivity contribution in [3.63, 3.8) is 0 Å². The lowest BCUT2D eigenvalue weighted by atomic mass is 10.2. The van der Waals surface area contributed by atoms with E-state index in [1.54, 1.807) is 56.7 Å². The Hall–Kier alpha value is -2.81. The standard InChI is InChI=1S/C16H18N4O4S/c1-3-25(21,22)20-16(17-11-14-5-4-10-24-14)18-15(19-20)12-6-8-13(23-2)9-7-12/h4-10H,3,11H2,1-2H3,(H,17,18,19). The third-order valence-corrected chi connectivity index (χ3v) is 5.07. The molecule has 1 aromatic carbocycles. The molecule has 0 saturated carbocycles. The van der Waals surface area contributed by atoms with Crippen LogP contribution in [0.4, 0.5) is 5.95 Å². The Balaban J connectivity index is 1.95. The molecule has 2 aromatic heterocycles. The fourth-order valence-corrected chi connectivity index (χ4v) is 2.98. The summed E-state index contributed by atoms with van der Waals surface area (Å²) in [6.45, 7) is 1.85. The molecule has 0 amide bonds. The number of hydrogen-bond donors (Lipinski definition) is 1. The van der Waals surface area contributed by atoms with Gasteiger partial charge >= 0.3 is 0 Å². The van der Waals surface area contributed by atoms with Gasteiger partial charge in [-0.15, -0.1) is 9.19 Å². The summed E-state index contributed by atoms with van der Waals surface area (Å²) >= 11 is 0. The van der Waals surface area contributed by atoms with Crippen molar-refractivity contribution >= 4 is 16.0 Å². The second kappa shape index (κ2) is 6.98. The third kappa shape index (κ3) is 3.66. The molecule has 0 unspecified atom stereocenters. The number of aromatic nitrogens is 3. The molecule has 25 heavy (non-hydrogen) atoms. The molecule has 8 nitrogen and oxygen atoms in total. The highest BCUT2D eigenvalue weighted by Gasteiger charge is 2.21. The van der Waals surface area contributed by atoms with Gasteiger partial charge in [0.15, 0.2) is 5.82 Å². The molecule has 0 aliphatic heterocycles. The van der Waals surface area contributed by atoms with Crippen LogP contribution in [0.1, 0.15) is 12.7 Å². The minimum atomic E-state index is -3.59. The minimum Gasteiger partial charge on any atom is -0.497 e. The largest absolute Gasteiger partial charge is 0.497 e. The van der Waals surface area contributed by atoms with E-state index in [1.165, 1.54) is 0 Å². The Morgan fingerprint density at radius 2 is 2.00 bits per heavy atom. The third-order valence-electron chi connectivity index (χ3n) is 3.56. The first-order valence-corrected chi connectivity index (χ1v) is 9.25. The number of methoxy groups -OCH3 is 1. The van der Waals surface area contributed by atoms with Crippen LogP contribution in [-0.2, 0) is 16.6 Å². The van der Waals surface area contributed by atoms with Gasteiger partial charge in [-0.1, -0.05) is 0 Å². The van der Waals surface area contributed by atoms with E-state index in [2.05, 4.69) is 15.4 Å². The van der Waals surface area contributed by atoms with Crippen LogP contribution < -0.4 is 10.1 Å². The van der Waals surface area contributed by atoms with E-state index in [-0.39, 0.29) is 11.7 Å². The average Bonchev–Trinajstić information content (AvgIpc) is 3.30. The summed E-state index contributed by atoms with van der Waals surface area (Å²) in [4.78, 5) is 4.33. The first-order chi connectivity index (χ1) is 12.0. The van der Waals surface area contributed by atoms with Gasteiger partial charge in [0.2, 0.25) is 5.95 Å². The van der Waals surface area contributed by atoms with E-state index in [0.29, 0.717) is 29.4 Å². The molecule has 0 aliphatic carbocycles. The lowest BCUT2D eigenvalue weighted by molar-refractivity contribution is 0.415. The molecule has 0 bridgehead atoms. The minimum absolute atomic E-state index is 0.0894. The molecule has 0 spiro atoms. The predicted molar refractivity (Wildman–Crippen MR) is 92.9 cm³/mol. The van der Waals surface area contributed by atoms with Gasteiger partial charge in [-0.25, -0.2) is 8.42 Å². The van der Waals surface area contributed by atoms with Crippen molar-refractivity contribution in [1.29, 1.82) is 0 Å². The van der Waals surface area contributed by atoms with Crippen molar-refractivity contribution < 1.29 is 17.6 Å². The predicted octanol–water partition coefficient (Wildman–Crippen LogP) is 2.36. The van der Waals surface area contributed by atoms with Crippen LogP contribution in [0.3, 0.4) is 0 Å². The zero-order valence-electron chi connectivity index (χ0n) is 13.8. The maximum absolute atomic E-state index is 12.3. The van der Waals surface area contributed by atoms with Crippen molar-refractivity contribution in [2.75, 3.05) is 18.2 Å². The molecular formula is C16H18N4O4S. The quantitative estimate of drug-likeness (QED) is 0.689. The monoisotopic (exact) mass is 362 g/mol. The highest BCUT2D eigenvalue weighted by atomic mass is 32.2. The molecule has 9 heteroatoms. The molecule has 0 aliphatic rings. The van der Waals surface area contributed by atoms with E-state index in [4.69, 9.17) is 9.15 Å². The van der Waals surface area contributed by atoms with Crippen LogP contribution in [0, 0.1) is 0 Å². The van der Waals surface area contributed by atoms with Crippen molar-refractivity contribution in [1.82, 2.24) is 14.2 Å². The van der Waals surface area contributed by atoms with Gasteiger partial charge < -0.3 is 14.5 Å². The Morgan fingerprint density at radius 3 is 2.60 bits per heavy atom. The van der Waals surface area contributed by atoms with E-state index in [0.717, 1.165) is 4.09 Å². The van der Waals surface area contributed by atoms with Gasteiger partial charge in [0.05, 0.1) is 25.7 Å². The summed E-state index contributed by atoms with van der Waals surface area (Å²) in [6, 6.07) is 10.6. The summed E-state index contributed by atoms with van der Waals surface area (Å²) < 4.78 is 35.9. The fraction of sp³-hybridized carbons (Fsp3) is 0.250. The van der Waals surface area contributed by atoms with Gasteiger partial charge in [0, 0.05) is 5.56 Å². The van der Waals surface area contributed by atoms with Crippen LogP contribution in [0.15, 0.2) is 47.1 Å². The zero-order chi connectivity index (χ0) is 17.9. The molecule has 0 radical (unpaired) electrons. The molecule has 1 N–H and O–H groups in total. The Labute approximate surface area is 145 Å². The number of nitrogens with zero attached hydrogens (tertiary/aromatic N) is 3. The van der Waals surface area contributed by atoms with Crippen LogP contribution >= 0.6 is 0 Å². The number of ether oxygens (including phenoxy) is 1. The van der Waals surface area contributed by atoms with E-state index in [1.807, 2.05) is 0 Å². The van der Waals surface area contributed by atoms with E-state index in [9.17, 15) is 8.42 Å². The molecule has 0 fully saturated rings. The number of nitrogens with one attached hydrogen (secondary N) is 1. The van der Waals surface area contributed by atoms with Gasteiger partial charge in [-0.3, -0.25) is 0 Å². The summed E-state index contributed by atoms with van der Waals surface area (Å²) in [6.07, 6.45) is 1.55. The summed E-state index contributed by atoms with van der Waals surface area (Å²) in [5, 5.41) is 7.12. The van der Waals surface area contributed by atoms with Gasteiger partial charge in [-0.2, -0.15) is 4.98 Å². The molecule has 2 heterocycles.